The summed E-state index contributed by atoms with van der Waals surface area (Å²) in [5.74, 6) is 0.0499. The highest BCUT2D eigenvalue weighted by Gasteiger charge is 2.03. The molecule has 1 heterocycles. The summed E-state index contributed by atoms with van der Waals surface area (Å²) in [6.07, 6.45) is 3.02. The number of anilines is 3. The van der Waals surface area contributed by atoms with Crippen molar-refractivity contribution in [1.29, 1.82) is 0 Å². The molecule has 0 amide bonds. The molecule has 0 aliphatic rings. The van der Waals surface area contributed by atoms with E-state index in [-0.39, 0.29) is 6.54 Å². The first-order chi connectivity index (χ1) is 9.54. The minimum absolute atomic E-state index is 0.190. The molecule has 0 saturated heterocycles. The number of halogens is 1. The van der Waals surface area contributed by atoms with Gasteiger partial charge in [-0.15, -0.1) is 0 Å². The molecule has 0 aliphatic heterocycles. The maximum Gasteiger partial charge on any atom is 0.322 e. The molecule has 0 unspecified atom stereocenters. The summed E-state index contributed by atoms with van der Waals surface area (Å²) in [4.78, 5) is 18.7. The first-order valence-electron chi connectivity index (χ1n) is 5.85. The lowest BCUT2D eigenvalue weighted by molar-refractivity contribution is -0.134. The van der Waals surface area contributed by atoms with Crippen molar-refractivity contribution in [2.45, 2.75) is 6.92 Å². The molecule has 104 valence electrons. The lowest BCUT2D eigenvalue weighted by Crippen LogP contribution is -2.13. The summed E-state index contributed by atoms with van der Waals surface area (Å²) < 4.78 is 0.937. The van der Waals surface area contributed by atoms with Gasteiger partial charge in [-0.25, -0.2) is 9.97 Å². The van der Waals surface area contributed by atoms with Gasteiger partial charge in [-0.3, -0.25) is 4.79 Å². The fourth-order valence-electron chi connectivity index (χ4n) is 1.51. The highest BCUT2D eigenvalue weighted by molar-refractivity contribution is 9.10. The number of carboxylic acids is 1. The SMILES string of the molecule is Cc1ccc(Nc2cnc(NCC(=O)O)cn2)c(Br)c1. The molecule has 0 saturated carbocycles. The van der Waals surface area contributed by atoms with E-state index >= 15 is 0 Å². The number of aromatic nitrogens is 2. The summed E-state index contributed by atoms with van der Waals surface area (Å²) in [6, 6.07) is 5.93. The number of aryl methyl sites for hydroxylation is 1. The fourth-order valence-corrected chi connectivity index (χ4v) is 2.10. The third-order valence-corrected chi connectivity index (χ3v) is 3.12. The van der Waals surface area contributed by atoms with Crippen LogP contribution in [0.1, 0.15) is 5.56 Å². The Morgan fingerprint density at radius 2 is 2.00 bits per heavy atom. The van der Waals surface area contributed by atoms with Crippen molar-refractivity contribution in [2.24, 2.45) is 0 Å². The van der Waals surface area contributed by atoms with Crippen molar-refractivity contribution < 1.29 is 9.90 Å². The molecule has 6 nitrogen and oxygen atoms in total. The van der Waals surface area contributed by atoms with E-state index in [0.29, 0.717) is 11.6 Å². The Hall–Kier alpha value is -2.15. The standard InChI is InChI=1S/C13H13BrN4O2/c1-8-2-3-10(9(14)4-8)18-12-6-15-11(5-16-12)17-7-13(19)20/h2-6H,7H2,1H3,(H,15,17)(H,16,18)(H,19,20). The predicted molar refractivity (Wildman–Crippen MR) is 80.3 cm³/mol. The Morgan fingerprint density at radius 1 is 1.30 bits per heavy atom. The molecule has 0 atom stereocenters. The van der Waals surface area contributed by atoms with Gasteiger partial charge in [0.15, 0.2) is 0 Å². The predicted octanol–water partition coefficient (Wildman–Crippen LogP) is 2.79. The van der Waals surface area contributed by atoms with Gasteiger partial charge in [0.25, 0.3) is 0 Å². The van der Waals surface area contributed by atoms with Gasteiger partial charge in [0.05, 0.1) is 18.1 Å². The number of aliphatic carboxylic acids is 1. The zero-order chi connectivity index (χ0) is 14.5. The van der Waals surface area contributed by atoms with E-state index < -0.39 is 5.97 Å². The van der Waals surface area contributed by atoms with Crippen LogP contribution in [-0.4, -0.2) is 27.6 Å². The molecule has 0 aliphatic carbocycles. The molecule has 3 N–H and O–H groups in total. The van der Waals surface area contributed by atoms with Gasteiger partial charge in [0.1, 0.15) is 18.2 Å². The van der Waals surface area contributed by atoms with E-state index in [0.717, 1.165) is 15.7 Å². The zero-order valence-electron chi connectivity index (χ0n) is 10.7. The third kappa shape index (κ3) is 3.92. The lowest BCUT2D eigenvalue weighted by atomic mass is 10.2. The molecule has 2 rings (SSSR count). The number of rotatable bonds is 5. The van der Waals surface area contributed by atoms with E-state index in [1.165, 1.54) is 12.4 Å². The number of nitrogens with zero attached hydrogens (tertiary/aromatic N) is 2. The Bertz CT molecular complexity index is 616. The van der Waals surface area contributed by atoms with Crippen LogP contribution in [-0.2, 0) is 4.79 Å². The second kappa shape index (κ2) is 6.33. The summed E-state index contributed by atoms with van der Waals surface area (Å²) in [5, 5.41) is 14.3. The van der Waals surface area contributed by atoms with Crippen molar-refractivity contribution in [3.05, 3.63) is 40.6 Å². The number of hydrogen-bond acceptors (Lipinski definition) is 5. The molecule has 2 aromatic rings. The van der Waals surface area contributed by atoms with E-state index in [1.807, 2.05) is 25.1 Å². The fraction of sp³-hybridized carbons (Fsp3) is 0.154. The summed E-state index contributed by atoms with van der Waals surface area (Å²) in [5.41, 5.74) is 2.04. The Morgan fingerprint density at radius 3 is 2.60 bits per heavy atom. The van der Waals surface area contributed by atoms with Gasteiger partial charge >= 0.3 is 5.97 Å². The lowest BCUT2D eigenvalue weighted by Gasteiger charge is -2.09. The van der Waals surface area contributed by atoms with Gasteiger partial charge in [0.2, 0.25) is 0 Å². The quantitative estimate of drug-likeness (QED) is 0.778. The van der Waals surface area contributed by atoms with Crippen LogP contribution in [0, 0.1) is 6.92 Å². The van der Waals surface area contributed by atoms with Gasteiger partial charge in [-0.2, -0.15) is 0 Å². The first-order valence-corrected chi connectivity index (χ1v) is 6.65. The van der Waals surface area contributed by atoms with Gasteiger partial charge < -0.3 is 15.7 Å². The Balaban J connectivity index is 2.05. The van der Waals surface area contributed by atoms with Crippen LogP contribution in [0.3, 0.4) is 0 Å². The summed E-state index contributed by atoms with van der Waals surface area (Å²) in [6.45, 7) is 1.82. The molecule has 1 aromatic heterocycles. The molecule has 0 spiro atoms. The van der Waals surface area contributed by atoms with Crippen LogP contribution in [0.15, 0.2) is 35.1 Å². The van der Waals surface area contributed by atoms with Crippen LogP contribution >= 0.6 is 15.9 Å². The zero-order valence-corrected chi connectivity index (χ0v) is 12.3. The van der Waals surface area contributed by atoms with Crippen LogP contribution in [0.5, 0.6) is 0 Å². The second-order valence-electron chi connectivity index (χ2n) is 4.14. The van der Waals surface area contributed by atoms with Crippen molar-refractivity contribution in [3.8, 4) is 0 Å². The largest absolute Gasteiger partial charge is 0.480 e. The summed E-state index contributed by atoms with van der Waals surface area (Å²) in [7, 11) is 0. The number of carboxylic acid groups (broad SMARTS) is 1. The molecular weight excluding hydrogens is 324 g/mol. The van der Waals surface area contributed by atoms with Crippen LogP contribution < -0.4 is 10.6 Å². The maximum atomic E-state index is 10.4. The highest BCUT2D eigenvalue weighted by atomic mass is 79.9. The Labute approximate surface area is 124 Å². The molecule has 7 heteroatoms. The third-order valence-electron chi connectivity index (χ3n) is 2.46. The summed E-state index contributed by atoms with van der Waals surface area (Å²) >= 11 is 3.47. The monoisotopic (exact) mass is 336 g/mol. The van der Waals surface area contributed by atoms with Crippen LogP contribution in [0.2, 0.25) is 0 Å². The van der Waals surface area contributed by atoms with Crippen LogP contribution in [0.25, 0.3) is 0 Å². The van der Waals surface area contributed by atoms with Gasteiger partial charge in [0, 0.05) is 4.47 Å². The van der Waals surface area contributed by atoms with E-state index in [9.17, 15) is 4.79 Å². The van der Waals surface area contributed by atoms with E-state index in [1.54, 1.807) is 0 Å². The van der Waals surface area contributed by atoms with Crippen molar-refractivity contribution in [3.63, 3.8) is 0 Å². The Kier molecular flexibility index (Phi) is 4.52. The normalized spacial score (nSPS) is 10.1. The van der Waals surface area contributed by atoms with E-state index in [4.69, 9.17) is 5.11 Å². The maximum absolute atomic E-state index is 10.4. The molecular formula is C13H13BrN4O2. The number of benzene rings is 1. The average molecular weight is 337 g/mol. The van der Waals surface area contributed by atoms with Crippen LogP contribution in [0.4, 0.5) is 17.3 Å². The minimum atomic E-state index is -0.947. The molecule has 0 bridgehead atoms. The molecule has 0 fully saturated rings. The van der Waals surface area contributed by atoms with Crippen molar-refractivity contribution in [1.82, 2.24) is 9.97 Å². The average Bonchev–Trinajstić information content (AvgIpc) is 2.41. The smallest absolute Gasteiger partial charge is 0.322 e. The van der Waals surface area contributed by atoms with Gasteiger partial charge in [-0.05, 0) is 40.5 Å². The molecule has 20 heavy (non-hydrogen) atoms. The van der Waals surface area contributed by atoms with Gasteiger partial charge in [-0.1, -0.05) is 6.07 Å². The first kappa shape index (κ1) is 14.3. The number of nitrogens with one attached hydrogen (secondary N) is 2. The second-order valence-corrected chi connectivity index (χ2v) is 5.00. The number of carbonyl (C=O) groups is 1. The molecule has 0 radical (unpaired) electrons. The minimum Gasteiger partial charge on any atom is -0.480 e. The topological polar surface area (TPSA) is 87.1 Å². The van der Waals surface area contributed by atoms with Crippen molar-refractivity contribution >= 4 is 39.2 Å². The number of hydrogen-bond donors (Lipinski definition) is 3. The van der Waals surface area contributed by atoms with E-state index in [2.05, 4.69) is 36.5 Å². The highest BCUT2D eigenvalue weighted by Crippen LogP contribution is 2.25. The molecule has 1 aromatic carbocycles. The van der Waals surface area contributed by atoms with Crippen molar-refractivity contribution in [2.75, 3.05) is 17.2 Å².